The number of hydrogen-bond acceptors (Lipinski definition) is 5. The van der Waals surface area contributed by atoms with Crippen LogP contribution in [0.3, 0.4) is 0 Å². The van der Waals surface area contributed by atoms with Gasteiger partial charge in [-0.25, -0.2) is 4.98 Å². The second-order valence-electron chi connectivity index (χ2n) is 6.56. The smallest absolute Gasteiger partial charge is 0.201 e. The first kappa shape index (κ1) is 17.3. The number of rotatable bonds is 6. The van der Waals surface area contributed by atoms with Gasteiger partial charge in [-0.15, -0.1) is 0 Å². The molecule has 0 radical (unpaired) electrons. The maximum absolute atomic E-state index is 4.68. The van der Waals surface area contributed by atoms with Gasteiger partial charge in [-0.1, -0.05) is 65.1 Å². The van der Waals surface area contributed by atoms with Crippen LogP contribution in [-0.2, 0) is 0 Å². The van der Waals surface area contributed by atoms with Gasteiger partial charge in [-0.2, -0.15) is 4.37 Å². The Morgan fingerprint density at radius 3 is 1.84 bits per heavy atom. The van der Waals surface area contributed by atoms with Crippen LogP contribution in [0, 0.1) is 11.8 Å². The molecule has 1 aromatic rings. The summed E-state index contributed by atoms with van der Waals surface area (Å²) in [6, 6.07) is 0. The molecule has 0 aliphatic heterocycles. The van der Waals surface area contributed by atoms with Crippen LogP contribution in [-0.4, -0.2) is 18.9 Å². The molecule has 0 bridgehead atoms. The van der Waals surface area contributed by atoms with E-state index in [0.29, 0.717) is 11.8 Å². The third kappa shape index (κ3) is 4.94. The van der Waals surface area contributed by atoms with E-state index < -0.39 is 0 Å². The van der Waals surface area contributed by atoms with Crippen LogP contribution in [0.5, 0.6) is 0 Å². The predicted molar refractivity (Wildman–Crippen MR) is 89.5 cm³/mol. The van der Waals surface area contributed by atoms with Gasteiger partial charge in [0.2, 0.25) is 5.16 Å². The lowest BCUT2D eigenvalue weighted by atomic mass is 10.00. The van der Waals surface area contributed by atoms with Crippen molar-refractivity contribution in [3.8, 4) is 0 Å². The molecule has 0 aromatic carbocycles. The highest BCUT2D eigenvalue weighted by molar-refractivity contribution is 8.02. The lowest BCUT2D eigenvalue weighted by Gasteiger charge is -2.27. The van der Waals surface area contributed by atoms with Gasteiger partial charge in [0.05, 0.1) is 0 Å². The molecule has 110 valence electrons. The van der Waals surface area contributed by atoms with E-state index in [-0.39, 0.29) is 9.49 Å². The third-order valence-electron chi connectivity index (χ3n) is 3.87. The Morgan fingerprint density at radius 1 is 0.895 bits per heavy atom. The standard InChI is InChI=1S/C14H26N2S3/c1-9(2)13(5,6)17-11-15-12(19-16-11)18-14(7,8)10(3)4/h9-10H,1-8H3. The Bertz CT molecular complexity index is 372. The number of aromatic nitrogens is 2. The van der Waals surface area contributed by atoms with Crippen LogP contribution >= 0.6 is 35.1 Å². The first-order valence-corrected chi connectivity index (χ1v) is 9.17. The van der Waals surface area contributed by atoms with E-state index in [1.165, 1.54) is 11.5 Å². The Hall–Kier alpha value is 0.260. The van der Waals surface area contributed by atoms with Crippen molar-refractivity contribution in [2.45, 2.75) is 74.4 Å². The molecule has 0 amide bonds. The van der Waals surface area contributed by atoms with Gasteiger partial charge >= 0.3 is 0 Å². The lowest BCUT2D eigenvalue weighted by Crippen LogP contribution is -2.22. The Morgan fingerprint density at radius 2 is 1.37 bits per heavy atom. The molecule has 0 unspecified atom stereocenters. The average molecular weight is 319 g/mol. The van der Waals surface area contributed by atoms with Crippen molar-refractivity contribution in [2.24, 2.45) is 11.8 Å². The van der Waals surface area contributed by atoms with Gasteiger partial charge in [-0.3, -0.25) is 0 Å². The van der Waals surface area contributed by atoms with Gasteiger partial charge in [0, 0.05) is 9.49 Å². The normalized spacial score (nSPS) is 13.6. The van der Waals surface area contributed by atoms with Crippen molar-refractivity contribution in [2.75, 3.05) is 0 Å². The Balaban J connectivity index is 2.73. The summed E-state index contributed by atoms with van der Waals surface area (Å²) in [5.41, 5.74) is 0. The molecule has 0 atom stereocenters. The summed E-state index contributed by atoms with van der Waals surface area (Å²) < 4.78 is 5.96. The van der Waals surface area contributed by atoms with Crippen LogP contribution in [0.25, 0.3) is 0 Å². The molecule has 19 heavy (non-hydrogen) atoms. The highest BCUT2D eigenvalue weighted by atomic mass is 32.2. The molecule has 0 N–H and O–H groups in total. The molecule has 0 aliphatic carbocycles. The molecule has 1 heterocycles. The maximum Gasteiger partial charge on any atom is 0.201 e. The lowest BCUT2D eigenvalue weighted by molar-refractivity contribution is 0.502. The van der Waals surface area contributed by atoms with Gasteiger partial charge in [-0.05, 0) is 37.2 Å². The largest absolute Gasteiger partial charge is 0.203 e. The third-order valence-corrected chi connectivity index (χ3v) is 7.60. The summed E-state index contributed by atoms with van der Waals surface area (Å²) in [5, 5.41) is 0.922. The minimum Gasteiger partial charge on any atom is -0.203 e. The van der Waals surface area contributed by atoms with E-state index >= 15 is 0 Å². The van der Waals surface area contributed by atoms with Crippen molar-refractivity contribution in [3.63, 3.8) is 0 Å². The SMILES string of the molecule is CC(C)C(C)(C)Sc1nsc(SC(C)(C)C(C)C)n1. The van der Waals surface area contributed by atoms with Crippen molar-refractivity contribution in [3.05, 3.63) is 0 Å². The summed E-state index contributed by atoms with van der Waals surface area (Å²) in [7, 11) is 0. The molecule has 0 saturated carbocycles. The fourth-order valence-electron chi connectivity index (χ4n) is 0.976. The zero-order valence-electron chi connectivity index (χ0n) is 13.3. The van der Waals surface area contributed by atoms with Crippen molar-refractivity contribution < 1.29 is 0 Å². The quantitative estimate of drug-likeness (QED) is 0.638. The average Bonchev–Trinajstić information content (AvgIpc) is 2.63. The van der Waals surface area contributed by atoms with E-state index in [4.69, 9.17) is 0 Å². The maximum atomic E-state index is 4.68. The fourth-order valence-corrected chi connectivity index (χ4v) is 4.24. The molecule has 1 rings (SSSR count). The van der Waals surface area contributed by atoms with E-state index in [1.807, 2.05) is 11.8 Å². The summed E-state index contributed by atoms with van der Waals surface area (Å²) in [6.45, 7) is 18.1. The van der Waals surface area contributed by atoms with Gasteiger partial charge in [0.25, 0.3) is 0 Å². The summed E-state index contributed by atoms with van der Waals surface area (Å²) in [5.74, 6) is 1.22. The first-order chi connectivity index (χ1) is 8.54. The molecule has 0 saturated heterocycles. The molecule has 0 fully saturated rings. The second-order valence-corrected chi connectivity index (χ2v) is 10.8. The first-order valence-electron chi connectivity index (χ1n) is 6.76. The van der Waals surface area contributed by atoms with Gasteiger partial charge in [0.15, 0.2) is 4.34 Å². The molecular weight excluding hydrogens is 292 g/mol. The van der Waals surface area contributed by atoms with Crippen LogP contribution in [0.2, 0.25) is 0 Å². The van der Waals surface area contributed by atoms with E-state index in [9.17, 15) is 0 Å². The van der Waals surface area contributed by atoms with Crippen molar-refractivity contribution in [1.82, 2.24) is 9.36 Å². The van der Waals surface area contributed by atoms with Gasteiger partial charge < -0.3 is 0 Å². The second kappa shape index (κ2) is 6.35. The van der Waals surface area contributed by atoms with Crippen LogP contribution in [0.4, 0.5) is 0 Å². The molecule has 1 aromatic heterocycles. The van der Waals surface area contributed by atoms with E-state index in [0.717, 1.165) is 9.50 Å². The Kier molecular flexibility index (Phi) is 5.79. The minimum absolute atomic E-state index is 0.177. The highest BCUT2D eigenvalue weighted by Gasteiger charge is 2.28. The van der Waals surface area contributed by atoms with Crippen LogP contribution in [0.15, 0.2) is 9.50 Å². The van der Waals surface area contributed by atoms with Crippen molar-refractivity contribution in [1.29, 1.82) is 0 Å². The van der Waals surface area contributed by atoms with Crippen molar-refractivity contribution >= 4 is 35.1 Å². The molecule has 5 heteroatoms. The summed E-state index contributed by atoms with van der Waals surface area (Å²) >= 11 is 5.15. The summed E-state index contributed by atoms with van der Waals surface area (Å²) in [6.07, 6.45) is 0. The van der Waals surface area contributed by atoms with E-state index in [2.05, 4.69) is 64.7 Å². The highest BCUT2D eigenvalue weighted by Crippen LogP contribution is 2.42. The fraction of sp³-hybridized carbons (Fsp3) is 0.857. The molecule has 2 nitrogen and oxygen atoms in total. The summed E-state index contributed by atoms with van der Waals surface area (Å²) in [4.78, 5) is 4.68. The predicted octanol–water partition coefficient (Wildman–Crippen LogP) is 5.59. The molecule has 0 aliphatic rings. The topological polar surface area (TPSA) is 25.8 Å². The Labute approximate surface area is 130 Å². The van der Waals surface area contributed by atoms with E-state index in [1.54, 1.807) is 11.8 Å². The monoisotopic (exact) mass is 318 g/mol. The zero-order chi connectivity index (χ0) is 14.8. The zero-order valence-corrected chi connectivity index (χ0v) is 15.7. The van der Waals surface area contributed by atoms with Crippen LogP contribution < -0.4 is 0 Å². The molecular formula is C14H26N2S3. The number of nitrogens with zero attached hydrogens (tertiary/aromatic N) is 2. The molecule has 0 spiro atoms. The number of thioether (sulfide) groups is 2. The minimum atomic E-state index is 0.177. The van der Waals surface area contributed by atoms with Crippen LogP contribution in [0.1, 0.15) is 55.4 Å². The van der Waals surface area contributed by atoms with Gasteiger partial charge in [0.1, 0.15) is 0 Å². The number of hydrogen-bond donors (Lipinski definition) is 0.